The summed E-state index contributed by atoms with van der Waals surface area (Å²) in [7, 11) is -3.94. The van der Waals surface area contributed by atoms with E-state index in [1.165, 1.54) is 61.5 Å². The largest absolute Gasteiger partial charge is 0.463 e. The molecule has 15 nitrogen and oxygen atoms in total. The lowest BCUT2D eigenvalue weighted by Gasteiger charge is -2.11. The third kappa shape index (κ3) is 17.3. The van der Waals surface area contributed by atoms with E-state index >= 15 is 0 Å². The van der Waals surface area contributed by atoms with Crippen LogP contribution in [0.15, 0.2) is 88.8 Å². The molecule has 0 saturated carbocycles. The van der Waals surface area contributed by atoms with E-state index in [1.807, 2.05) is 6.92 Å². The van der Waals surface area contributed by atoms with Crippen molar-refractivity contribution in [2.45, 2.75) is 51.4 Å². The average Bonchev–Trinajstić information content (AvgIpc) is 4.09. The van der Waals surface area contributed by atoms with E-state index in [0.717, 1.165) is 29.8 Å². The molecular weight excluding hydrogens is 933 g/mol. The van der Waals surface area contributed by atoms with E-state index in [0.29, 0.717) is 24.3 Å². The van der Waals surface area contributed by atoms with Crippen LogP contribution in [0.3, 0.4) is 0 Å². The van der Waals surface area contributed by atoms with Crippen LogP contribution in [-0.4, -0.2) is 111 Å². The maximum atomic E-state index is 14.8. The summed E-state index contributed by atoms with van der Waals surface area (Å²) in [6.07, 6.45) is 2.10. The quantitative estimate of drug-likeness (QED) is 0.0133. The van der Waals surface area contributed by atoms with Gasteiger partial charge in [0.2, 0.25) is 21.6 Å². The second-order valence-electron chi connectivity index (χ2n) is 15.2. The zero-order valence-electron chi connectivity index (χ0n) is 38.5. The minimum atomic E-state index is -3.94. The molecule has 5 rings (SSSR count). The van der Waals surface area contributed by atoms with Crippen LogP contribution in [0.1, 0.15) is 44.4 Å². The Hall–Kier alpha value is -5.84. The van der Waals surface area contributed by atoms with Crippen molar-refractivity contribution in [3.05, 3.63) is 124 Å². The molecular formula is C49H54F4N2O13S. The minimum absolute atomic E-state index is 0.0176. The third-order valence-corrected chi connectivity index (χ3v) is 11.3. The fourth-order valence-corrected chi connectivity index (χ4v) is 7.34. The number of epoxide rings is 1. The van der Waals surface area contributed by atoms with Gasteiger partial charge in [-0.05, 0) is 117 Å². The molecule has 20 heteroatoms. The summed E-state index contributed by atoms with van der Waals surface area (Å²) in [5, 5.41) is 2.85. The van der Waals surface area contributed by atoms with Crippen LogP contribution in [0.2, 0.25) is 0 Å². The van der Waals surface area contributed by atoms with E-state index < -0.39 is 62.3 Å². The standard InChI is InChI=1S/C49H54F4N2O13S/c1-5-64-48(58)32(4)24-35-27-41(52)47(42(53)28-35)67-37-11-13-38(14-12-37)69(59,60)55-16-18-62-20-22-63-21-19-61-17-15-54-30-44(57)43(56)29-33-7-9-36(10-8-33)66-46-39(50)25-34(26-40(46)51)23-31(3)45-49(68-45)65-6-2/h7-14,23-28,45,49,54-55H,5-6,15-22,29-30H2,1-4H3/b31-23+,32-24+. The molecule has 2 unspecified atom stereocenters. The number of carbonyl (C=O) groups excluding carboxylic acids is 3. The van der Waals surface area contributed by atoms with Gasteiger partial charge in [-0.2, -0.15) is 0 Å². The molecule has 0 amide bonds. The number of sulfonamides is 1. The Bertz CT molecular complexity index is 2510. The van der Waals surface area contributed by atoms with E-state index in [-0.39, 0.29) is 106 Å². The highest BCUT2D eigenvalue weighted by molar-refractivity contribution is 7.89. The first-order chi connectivity index (χ1) is 33.1. The SMILES string of the molecule is CCOC(=O)/C(C)=C/c1cc(F)c(Oc2ccc(S(=O)(=O)NCCOCCOCCOCCNCC(=O)C(=O)Cc3ccc(Oc4c(F)cc(/C=C(\C)C5OC5OCC)cc4F)cc3)cc2)c(F)c1. The topological polar surface area (TPSA) is 187 Å². The Morgan fingerprint density at radius 1 is 0.667 bits per heavy atom. The molecule has 1 aliphatic rings. The Morgan fingerprint density at radius 3 is 1.71 bits per heavy atom. The third-order valence-electron chi connectivity index (χ3n) is 9.81. The van der Waals surface area contributed by atoms with Crippen molar-refractivity contribution >= 4 is 39.7 Å². The van der Waals surface area contributed by atoms with Gasteiger partial charge in [-0.1, -0.05) is 18.2 Å². The van der Waals surface area contributed by atoms with Crippen LogP contribution in [0.5, 0.6) is 23.0 Å². The summed E-state index contributed by atoms with van der Waals surface area (Å²) in [4.78, 5) is 36.6. The van der Waals surface area contributed by atoms with Gasteiger partial charge in [0.1, 0.15) is 17.6 Å². The van der Waals surface area contributed by atoms with Crippen molar-refractivity contribution in [1.82, 2.24) is 10.0 Å². The van der Waals surface area contributed by atoms with Gasteiger partial charge in [0.25, 0.3) is 0 Å². The number of rotatable bonds is 30. The van der Waals surface area contributed by atoms with Gasteiger partial charge in [0, 0.05) is 31.7 Å². The molecule has 2 N–H and O–H groups in total. The lowest BCUT2D eigenvalue weighted by molar-refractivity contribution is -0.138. The highest BCUT2D eigenvalue weighted by Gasteiger charge is 2.41. The summed E-state index contributed by atoms with van der Waals surface area (Å²) in [5.74, 6) is -6.89. The zero-order chi connectivity index (χ0) is 49.9. The lowest BCUT2D eigenvalue weighted by Crippen LogP contribution is -2.32. The highest BCUT2D eigenvalue weighted by atomic mass is 32.2. The smallest absolute Gasteiger partial charge is 0.333 e. The van der Waals surface area contributed by atoms with Crippen molar-refractivity contribution in [2.24, 2.45) is 0 Å². The molecule has 4 aromatic carbocycles. The Labute approximate surface area is 397 Å². The van der Waals surface area contributed by atoms with E-state index in [1.54, 1.807) is 19.9 Å². The monoisotopic (exact) mass is 986 g/mol. The summed E-state index contributed by atoms with van der Waals surface area (Å²) in [6, 6.07) is 15.2. The predicted octanol–water partition coefficient (Wildman–Crippen LogP) is 7.26. The summed E-state index contributed by atoms with van der Waals surface area (Å²) in [5.41, 5.74) is 1.81. The molecule has 0 radical (unpaired) electrons. The maximum absolute atomic E-state index is 14.8. The van der Waals surface area contributed by atoms with Crippen LogP contribution >= 0.6 is 0 Å². The lowest BCUT2D eigenvalue weighted by atomic mass is 10.1. The van der Waals surface area contributed by atoms with Gasteiger partial charge < -0.3 is 43.2 Å². The van der Waals surface area contributed by atoms with Gasteiger partial charge in [-0.25, -0.2) is 35.5 Å². The van der Waals surface area contributed by atoms with Crippen molar-refractivity contribution in [3.8, 4) is 23.0 Å². The normalized spacial score (nSPS) is 15.0. The van der Waals surface area contributed by atoms with E-state index in [2.05, 4.69) is 10.0 Å². The number of esters is 1. The van der Waals surface area contributed by atoms with Crippen LogP contribution in [0.4, 0.5) is 17.6 Å². The van der Waals surface area contributed by atoms with Crippen LogP contribution < -0.4 is 19.5 Å². The summed E-state index contributed by atoms with van der Waals surface area (Å²) in [6.45, 7) is 8.59. The number of nitrogens with one attached hydrogen (secondary N) is 2. The van der Waals surface area contributed by atoms with Gasteiger partial charge in [-0.3, -0.25) is 9.59 Å². The molecule has 4 aromatic rings. The molecule has 0 aliphatic carbocycles. The number of ether oxygens (including phenoxy) is 8. The minimum Gasteiger partial charge on any atom is -0.463 e. The average molecular weight is 987 g/mol. The first-order valence-electron chi connectivity index (χ1n) is 21.9. The molecule has 1 heterocycles. The number of halogens is 4. The molecule has 1 saturated heterocycles. The summed E-state index contributed by atoms with van der Waals surface area (Å²) >= 11 is 0. The van der Waals surface area contributed by atoms with E-state index in [9.17, 15) is 40.4 Å². The fourth-order valence-electron chi connectivity index (χ4n) is 6.33. The predicted molar refractivity (Wildman–Crippen MR) is 244 cm³/mol. The van der Waals surface area contributed by atoms with Crippen molar-refractivity contribution in [1.29, 1.82) is 0 Å². The molecule has 0 spiro atoms. The van der Waals surface area contributed by atoms with Crippen molar-refractivity contribution in [2.75, 3.05) is 72.5 Å². The second-order valence-corrected chi connectivity index (χ2v) is 17.0. The van der Waals surface area contributed by atoms with Crippen LogP contribution in [-0.2, 0) is 59.2 Å². The van der Waals surface area contributed by atoms with Crippen molar-refractivity contribution < 1.29 is 78.3 Å². The first kappa shape index (κ1) is 54.1. The number of hydrogen-bond acceptors (Lipinski definition) is 14. The molecule has 0 aromatic heterocycles. The van der Waals surface area contributed by atoms with Gasteiger partial charge in [-0.15, -0.1) is 0 Å². The summed E-state index contributed by atoms with van der Waals surface area (Å²) < 4.78 is 130. The Kier molecular flexibility index (Phi) is 21.0. The molecule has 1 fully saturated rings. The van der Waals surface area contributed by atoms with Gasteiger partial charge in [0.05, 0.1) is 57.7 Å². The van der Waals surface area contributed by atoms with Crippen molar-refractivity contribution in [3.63, 3.8) is 0 Å². The second kappa shape index (κ2) is 26.8. The Balaban J connectivity index is 0.880. The zero-order valence-corrected chi connectivity index (χ0v) is 39.3. The number of hydrogen-bond donors (Lipinski definition) is 2. The molecule has 2 atom stereocenters. The molecule has 372 valence electrons. The first-order valence-corrected chi connectivity index (χ1v) is 23.4. The maximum Gasteiger partial charge on any atom is 0.333 e. The molecule has 0 bridgehead atoms. The number of ketones is 2. The number of benzene rings is 4. The van der Waals surface area contributed by atoms with Crippen LogP contribution in [0, 0.1) is 23.3 Å². The van der Waals surface area contributed by atoms with Gasteiger partial charge >= 0.3 is 5.97 Å². The van der Waals surface area contributed by atoms with Crippen LogP contribution in [0.25, 0.3) is 12.2 Å². The number of Topliss-reactive ketones (excluding diaryl/α,β-unsaturated/α-hetero) is 2. The van der Waals surface area contributed by atoms with E-state index in [4.69, 9.17) is 37.9 Å². The highest BCUT2D eigenvalue weighted by Crippen LogP contribution is 2.34. The number of carbonyl (C=O) groups is 3. The fraction of sp³-hybridized carbons (Fsp3) is 0.367. The Morgan fingerprint density at radius 2 is 1.17 bits per heavy atom. The molecule has 69 heavy (non-hydrogen) atoms. The molecule has 1 aliphatic heterocycles. The van der Waals surface area contributed by atoms with Gasteiger partial charge in [0.15, 0.2) is 41.1 Å².